The molecule has 7 heteroatoms. The second-order valence-electron chi connectivity index (χ2n) is 4.08. The summed E-state index contributed by atoms with van der Waals surface area (Å²) in [5.41, 5.74) is 4.53. The molecule has 1 saturated heterocycles. The number of hydrogen-bond acceptors (Lipinski definition) is 3. The summed E-state index contributed by atoms with van der Waals surface area (Å²) in [5, 5.41) is 2.11. The van der Waals surface area contributed by atoms with Crippen molar-refractivity contribution in [3.05, 3.63) is 0 Å². The zero-order valence-corrected chi connectivity index (χ0v) is 9.71. The standard InChI is InChI=1S/C9H14ClN3O3/c1-9(7(11)15)2-3-13(5-9)8(16)12-6(14)4-10/h2-5H2,1H3,(H2,11,15)(H,12,14,16). The topological polar surface area (TPSA) is 92.5 Å². The van der Waals surface area contributed by atoms with Crippen molar-refractivity contribution in [1.82, 2.24) is 10.2 Å². The number of alkyl halides is 1. The number of carbonyl (C=O) groups is 3. The first-order valence-corrected chi connectivity index (χ1v) is 5.37. The summed E-state index contributed by atoms with van der Waals surface area (Å²) in [6.07, 6.45) is 0.505. The Morgan fingerprint density at radius 3 is 2.56 bits per heavy atom. The summed E-state index contributed by atoms with van der Waals surface area (Å²) in [6, 6.07) is -0.532. The number of rotatable bonds is 2. The maximum Gasteiger partial charge on any atom is 0.324 e. The summed E-state index contributed by atoms with van der Waals surface area (Å²) >= 11 is 5.25. The Morgan fingerprint density at radius 1 is 1.50 bits per heavy atom. The molecule has 0 radical (unpaired) electrons. The minimum atomic E-state index is -0.707. The summed E-state index contributed by atoms with van der Waals surface area (Å²) in [4.78, 5) is 34.9. The fourth-order valence-electron chi connectivity index (χ4n) is 1.57. The van der Waals surface area contributed by atoms with Gasteiger partial charge in [-0.25, -0.2) is 4.79 Å². The smallest absolute Gasteiger partial charge is 0.324 e. The van der Waals surface area contributed by atoms with Crippen molar-refractivity contribution in [2.45, 2.75) is 13.3 Å². The second kappa shape index (κ2) is 4.69. The third kappa shape index (κ3) is 2.63. The second-order valence-corrected chi connectivity index (χ2v) is 4.35. The van der Waals surface area contributed by atoms with E-state index in [2.05, 4.69) is 5.32 Å². The molecular formula is C9H14ClN3O3. The van der Waals surface area contributed by atoms with Crippen molar-refractivity contribution < 1.29 is 14.4 Å². The Hall–Kier alpha value is -1.30. The number of amides is 4. The molecule has 0 spiro atoms. The predicted octanol–water partition coefficient (Wildman–Crippen LogP) is -0.341. The van der Waals surface area contributed by atoms with Crippen LogP contribution in [0.15, 0.2) is 0 Å². The van der Waals surface area contributed by atoms with E-state index in [1.807, 2.05) is 0 Å². The van der Waals surface area contributed by atoms with Gasteiger partial charge in [-0.1, -0.05) is 0 Å². The fraction of sp³-hybridized carbons (Fsp3) is 0.667. The number of nitrogens with one attached hydrogen (secondary N) is 1. The third-order valence-corrected chi connectivity index (χ3v) is 2.97. The Labute approximate surface area is 98.1 Å². The molecule has 0 aromatic heterocycles. The monoisotopic (exact) mass is 247 g/mol. The lowest BCUT2D eigenvalue weighted by molar-refractivity contribution is -0.126. The molecule has 90 valence electrons. The molecule has 0 aromatic rings. The van der Waals surface area contributed by atoms with Crippen LogP contribution in [0.4, 0.5) is 4.79 Å². The fourth-order valence-corrected chi connectivity index (χ4v) is 1.63. The summed E-state index contributed by atoms with van der Waals surface area (Å²) in [6.45, 7) is 2.33. The number of urea groups is 1. The first kappa shape index (κ1) is 12.8. The van der Waals surface area contributed by atoms with Crippen LogP contribution in [-0.2, 0) is 9.59 Å². The van der Waals surface area contributed by atoms with Crippen molar-refractivity contribution in [2.24, 2.45) is 11.1 Å². The molecule has 1 aliphatic rings. The average Bonchev–Trinajstić information content (AvgIpc) is 2.62. The first-order valence-electron chi connectivity index (χ1n) is 4.84. The van der Waals surface area contributed by atoms with Crippen LogP contribution >= 0.6 is 11.6 Å². The molecule has 0 aromatic carbocycles. The van der Waals surface area contributed by atoms with E-state index >= 15 is 0 Å². The average molecular weight is 248 g/mol. The van der Waals surface area contributed by atoms with E-state index in [1.165, 1.54) is 4.90 Å². The molecule has 1 aliphatic heterocycles. The van der Waals surface area contributed by atoms with Crippen LogP contribution in [0.5, 0.6) is 0 Å². The molecule has 1 rings (SSSR count). The highest BCUT2D eigenvalue weighted by atomic mass is 35.5. The molecule has 4 amide bonds. The van der Waals surface area contributed by atoms with Gasteiger partial charge in [-0.05, 0) is 13.3 Å². The van der Waals surface area contributed by atoms with Crippen LogP contribution in [0.1, 0.15) is 13.3 Å². The Kier molecular flexibility index (Phi) is 3.74. The van der Waals surface area contributed by atoms with Crippen LogP contribution in [0, 0.1) is 5.41 Å². The lowest BCUT2D eigenvalue weighted by Crippen LogP contribution is -2.44. The largest absolute Gasteiger partial charge is 0.369 e. The van der Waals surface area contributed by atoms with Crippen molar-refractivity contribution >= 4 is 29.4 Å². The normalized spacial score (nSPS) is 24.2. The van der Waals surface area contributed by atoms with E-state index in [9.17, 15) is 14.4 Å². The number of imide groups is 1. The summed E-state index contributed by atoms with van der Waals surface area (Å²) in [5.74, 6) is -1.27. The predicted molar refractivity (Wildman–Crippen MR) is 57.8 cm³/mol. The van der Waals surface area contributed by atoms with E-state index in [4.69, 9.17) is 17.3 Å². The number of halogens is 1. The van der Waals surface area contributed by atoms with E-state index in [1.54, 1.807) is 6.92 Å². The van der Waals surface area contributed by atoms with Crippen LogP contribution in [0.25, 0.3) is 0 Å². The molecule has 0 bridgehead atoms. The minimum absolute atomic E-state index is 0.226. The Morgan fingerprint density at radius 2 is 2.12 bits per heavy atom. The SMILES string of the molecule is CC1(C(N)=O)CCN(C(=O)NC(=O)CCl)C1. The highest BCUT2D eigenvalue weighted by Crippen LogP contribution is 2.29. The molecule has 1 fully saturated rings. The maximum atomic E-state index is 11.5. The lowest BCUT2D eigenvalue weighted by Gasteiger charge is -2.20. The molecule has 1 atom stereocenters. The Bertz CT molecular complexity index is 334. The highest BCUT2D eigenvalue weighted by Gasteiger charge is 2.40. The van der Waals surface area contributed by atoms with Crippen molar-refractivity contribution in [1.29, 1.82) is 0 Å². The summed E-state index contributed by atoms with van der Waals surface area (Å²) in [7, 11) is 0. The zero-order valence-electron chi connectivity index (χ0n) is 8.96. The van der Waals surface area contributed by atoms with Gasteiger partial charge in [-0.2, -0.15) is 0 Å². The number of nitrogens with two attached hydrogens (primary N) is 1. The van der Waals surface area contributed by atoms with Gasteiger partial charge in [0, 0.05) is 13.1 Å². The van der Waals surface area contributed by atoms with Gasteiger partial charge >= 0.3 is 6.03 Å². The van der Waals surface area contributed by atoms with Gasteiger partial charge in [0.05, 0.1) is 5.41 Å². The van der Waals surface area contributed by atoms with E-state index < -0.39 is 23.3 Å². The number of nitrogens with zero attached hydrogens (tertiary/aromatic N) is 1. The van der Waals surface area contributed by atoms with Gasteiger partial charge < -0.3 is 10.6 Å². The van der Waals surface area contributed by atoms with Gasteiger partial charge in [-0.15, -0.1) is 11.6 Å². The molecule has 6 nitrogen and oxygen atoms in total. The number of carbonyl (C=O) groups excluding carboxylic acids is 3. The molecule has 1 heterocycles. The molecule has 3 N–H and O–H groups in total. The van der Waals surface area contributed by atoms with Crippen molar-refractivity contribution in [2.75, 3.05) is 19.0 Å². The van der Waals surface area contributed by atoms with Crippen molar-refractivity contribution in [3.63, 3.8) is 0 Å². The molecule has 1 unspecified atom stereocenters. The maximum absolute atomic E-state index is 11.5. The third-order valence-electron chi connectivity index (χ3n) is 2.72. The van der Waals surface area contributed by atoms with Gasteiger partial charge in [0.1, 0.15) is 5.88 Å². The van der Waals surface area contributed by atoms with E-state index in [0.29, 0.717) is 13.0 Å². The van der Waals surface area contributed by atoms with Crippen molar-refractivity contribution in [3.8, 4) is 0 Å². The van der Waals surface area contributed by atoms with Crippen LogP contribution < -0.4 is 11.1 Å². The molecular weight excluding hydrogens is 234 g/mol. The van der Waals surface area contributed by atoms with Crippen LogP contribution in [-0.4, -0.2) is 41.7 Å². The highest BCUT2D eigenvalue weighted by molar-refractivity contribution is 6.28. The van der Waals surface area contributed by atoms with Gasteiger partial charge in [0.25, 0.3) is 0 Å². The quantitative estimate of drug-likeness (QED) is 0.654. The van der Waals surface area contributed by atoms with Gasteiger partial charge in [0.15, 0.2) is 0 Å². The van der Waals surface area contributed by atoms with Crippen LogP contribution in [0.2, 0.25) is 0 Å². The van der Waals surface area contributed by atoms with Gasteiger partial charge in [0.2, 0.25) is 11.8 Å². The van der Waals surface area contributed by atoms with Gasteiger partial charge in [-0.3, -0.25) is 14.9 Å². The first-order chi connectivity index (χ1) is 7.39. The Balaban J connectivity index is 2.56. The number of likely N-dealkylation sites (tertiary alicyclic amines) is 1. The lowest BCUT2D eigenvalue weighted by atomic mass is 9.89. The molecule has 0 aliphatic carbocycles. The molecule has 0 saturated carbocycles. The van der Waals surface area contributed by atoms with E-state index in [0.717, 1.165) is 0 Å². The summed E-state index contributed by atoms with van der Waals surface area (Å²) < 4.78 is 0. The number of primary amides is 1. The minimum Gasteiger partial charge on any atom is -0.369 e. The zero-order chi connectivity index (χ0) is 12.3. The number of hydrogen-bond donors (Lipinski definition) is 2. The van der Waals surface area contributed by atoms with Crippen LogP contribution in [0.3, 0.4) is 0 Å². The molecule has 16 heavy (non-hydrogen) atoms. The van der Waals surface area contributed by atoms with E-state index in [-0.39, 0.29) is 12.4 Å².